The van der Waals surface area contributed by atoms with Gasteiger partial charge in [-0.05, 0) is 43.3 Å². The third-order valence-corrected chi connectivity index (χ3v) is 3.52. The van der Waals surface area contributed by atoms with Gasteiger partial charge in [-0.25, -0.2) is 0 Å². The van der Waals surface area contributed by atoms with Crippen molar-refractivity contribution in [2.45, 2.75) is 19.8 Å². The number of allylic oxidation sites excluding steroid dienone is 1. The molecular formula is C15H21N. The Labute approximate surface area is 98.6 Å². The maximum absolute atomic E-state index is 3.42. The summed E-state index contributed by atoms with van der Waals surface area (Å²) in [5, 5.41) is 3.42. The largest absolute Gasteiger partial charge is 0.317 e. The van der Waals surface area contributed by atoms with Gasteiger partial charge < -0.3 is 5.32 Å². The average Bonchev–Trinajstić information content (AvgIpc) is 2.38. The van der Waals surface area contributed by atoms with Crippen molar-refractivity contribution in [3.05, 3.63) is 42.0 Å². The molecule has 1 fully saturated rings. The molecule has 86 valence electrons. The first-order chi connectivity index (χ1) is 7.86. The van der Waals surface area contributed by atoms with Crippen molar-refractivity contribution < 1.29 is 0 Å². The maximum atomic E-state index is 3.42. The zero-order valence-corrected chi connectivity index (χ0v) is 10.0. The minimum absolute atomic E-state index is 0.697. The van der Waals surface area contributed by atoms with Crippen LogP contribution in [0.15, 0.2) is 36.4 Å². The lowest BCUT2D eigenvalue weighted by atomic mass is 9.85. The second-order valence-corrected chi connectivity index (χ2v) is 4.72. The highest BCUT2D eigenvalue weighted by atomic mass is 14.9. The predicted octanol–water partition coefficient (Wildman–Crippen LogP) is 3.34. The van der Waals surface area contributed by atoms with E-state index in [4.69, 9.17) is 0 Å². The van der Waals surface area contributed by atoms with Crippen LogP contribution in [0.25, 0.3) is 6.08 Å². The van der Waals surface area contributed by atoms with Crippen molar-refractivity contribution in [3.8, 4) is 0 Å². The van der Waals surface area contributed by atoms with Gasteiger partial charge in [-0.1, -0.05) is 49.4 Å². The zero-order valence-electron chi connectivity index (χ0n) is 10.0. The van der Waals surface area contributed by atoms with Crippen LogP contribution in [0.2, 0.25) is 0 Å². The summed E-state index contributed by atoms with van der Waals surface area (Å²) in [6.45, 7) is 4.72. The molecule has 1 atom stereocenters. The van der Waals surface area contributed by atoms with Gasteiger partial charge in [-0.3, -0.25) is 0 Å². The molecule has 1 aromatic carbocycles. The summed E-state index contributed by atoms with van der Waals surface area (Å²) >= 11 is 0. The smallest absolute Gasteiger partial charge is 0.00461 e. The minimum Gasteiger partial charge on any atom is -0.317 e. The summed E-state index contributed by atoms with van der Waals surface area (Å²) in [5.74, 6) is 1.56. The quantitative estimate of drug-likeness (QED) is 0.815. The van der Waals surface area contributed by atoms with E-state index in [1.54, 1.807) is 0 Å². The highest BCUT2D eigenvalue weighted by Gasteiger charge is 2.17. The van der Waals surface area contributed by atoms with Crippen LogP contribution < -0.4 is 5.32 Å². The van der Waals surface area contributed by atoms with Crippen molar-refractivity contribution >= 4 is 6.08 Å². The Morgan fingerprint density at radius 3 is 2.56 bits per heavy atom. The molecule has 1 aliphatic heterocycles. The standard InChI is InChI=1S/C15H21N/c1-13(15-9-11-16-12-10-15)7-8-14-5-3-2-4-6-14/h2-8,13,15-16H,9-12H2,1H3/b8-7+. The Bertz CT molecular complexity index is 323. The van der Waals surface area contributed by atoms with Crippen molar-refractivity contribution in [3.63, 3.8) is 0 Å². The van der Waals surface area contributed by atoms with E-state index in [0.717, 1.165) is 5.92 Å². The van der Waals surface area contributed by atoms with E-state index in [1.807, 2.05) is 0 Å². The Hall–Kier alpha value is -1.08. The van der Waals surface area contributed by atoms with Crippen LogP contribution >= 0.6 is 0 Å². The molecule has 0 bridgehead atoms. The van der Waals surface area contributed by atoms with Gasteiger partial charge in [-0.2, -0.15) is 0 Å². The van der Waals surface area contributed by atoms with Crippen LogP contribution in [0, 0.1) is 11.8 Å². The molecular weight excluding hydrogens is 194 g/mol. The molecule has 1 N–H and O–H groups in total. The molecule has 1 aliphatic rings. The first-order valence-electron chi connectivity index (χ1n) is 6.30. The van der Waals surface area contributed by atoms with E-state index in [1.165, 1.54) is 31.5 Å². The van der Waals surface area contributed by atoms with Gasteiger partial charge in [0, 0.05) is 0 Å². The fraction of sp³-hybridized carbons (Fsp3) is 0.467. The molecule has 0 spiro atoms. The number of hydrogen-bond donors (Lipinski definition) is 1. The number of piperidine rings is 1. The van der Waals surface area contributed by atoms with E-state index in [0.29, 0.717) is 5.92 Å². The molecule has 0 aliphatic carbocycles. The topological polar surface area (TPSA) is 12.0 Å². The highest BCUT2D eigenvalue weighted by molar-refractivity contribution is 5.48. The second kappa shape index (κ2) is 5.86. The Balaban J connectivity index is 1.91. The van der Waals surface area contributed by atoms with Crippen LogP contribution in [-0.2, 0) is 0 Å². The van der Waals surface area contributed by atoms with Crippen molar-refractivity contribution in [2.24, 2.45) is 11.8 Å². The molecule has 1 saturated heterocycles. The van der Waals surface area contributed by atoms with E-state index in [2.05, 4.69) is 54.7 Å². The summed E-state index contributed by atoms with van der Waals surface area (Å²) in [7, 11) is 0. The van der Waals surface area contributed by atoms with E-state index >= 15 is 0 Å². The lowest BCUT2D eigenvalue weighted by Crippen LogP contribution is -2.30. The normalized spacial score (nSPS) is 20.1. The zero-order chi connectivity index (χ0) is 11.2. The van der Waals surface area contributed by atoms with E-state index in [-0.39, 0.29) is 0 Å². The molecule has 0 aromatic heterocycles. The average molecular weight is 215 g/mol. The number of rotatable bonds is 3. The SMILES string of the molecule is CC(/C=C/c1ccccc1)C1CCNCC1. The van der Waals surface area contributed by atoms with Gasteiger partial charge in [0.2, 0.25) is 0 Å². The van der Waals surface area contributed by atoms with Crippen molar-refractivity contribution in [1.29, 1.82) is 0 Å². The van der Waals surface area contributed by atoms with Crippen LogP contribution in [0.1, 0.15) is 25.3 Å². The Kier molecular flexibility index (Phi) is 4.17. The molecule has 1 heterocycles. The van der Waals surface area contributed by atoms with Gasteiger partial charge in [0.1, 0.15) is 0 Å². The van der Waals surface area contributed by atoms with Gasteiger partial charge in [0.25, 0.3) is 0 Å². The van der Waals surface area contributed by atoms with Crippen LogP contribution in [0.5, 0.6) is 0 Å². The minimum atomic E-state index is 0.697. The van der Waals surface area contributed by atoms with Gasteiger partial charge in [-0.15, -0.1) is 0 Å². The van der Waals surface area contributed by atoms with Crippen LogP contribution in [-0.4, -0.2) is 13.1 Å². The molecule has 0 amide bonds. The first-order valence-corrected chi connectivity index (χ1v) is 6.30. The molecule has 1 aromatic rings. The van der Waals surface area contributed by atoms with E-state index in [9.17, 15) is 0 Å². The summed E-state index contributed by atoms with van der Waals surface area (Å²) in [6.07, 6.45) is 7.26. The Morgan fingerprint density at radius 2 is 1.88 bits per heavy atom. The Morgan fingerprint density at radius 1 is 1.19 bits per heavy atom. The molecule has 16 heavy (non-hydrogen) atoms. The molecule has 1 nitrogen and oxygen atoms in total. The third-order valence-electron chi connectivity index (χ3n) is 3.52. The van der Waals surface area contributed by atoms with Crippen molar-refractivity contribution in [1.82, 2.24) is 5.32 Å². The monoisotopic (exact) mass is 215 g/mol. The summed E-state index contributed by atoms with van der Waals surface area (Å²) in [5.41, 5.74) is 1.31. The lowest BCUT2D eigenvalue weighted by molar-refractivity contribution is 0.314. The van der Waals surface area contributed by atoms with Crippen molar-refractivity contribution in [2.75, 3.05) is 13.1 Å². The van der Waals surface area contributed by atoms with Crippen LogP contribution in [0.3, 0.4) is 0 Å². The number of benzene rings is 1. The summed E-state index contributed by atoms with van der Waals surface area (Å²) in [4.78, 5) is 0. The molecule has 0 radical (unpaired) electrons. The molecule has 0 saturated carbocycles. The molecule has 1 heteroatoms. The summed E-state index contributed by atoms with van der Waals surface area (Å²) in [6, 6.07) is 10.6. The number of nitrogens with one attached hydrogen (secondary N) is 1. The molecule has 1 unspecified atom stereocenters. The fourth-order valence-electron chi connectivity index (χ4n) is 2.35. The fourth-order valence-corrected chi connectivity index (χ4v) is 2.35. The maximum Gasteiger partial charge on any atom is -0.00461 e. The number of hydrogen-bond acceptors (Lipinski definition) is 1. The van der Waals surface area contributed by atoms with Crippen LogP contribution in [0.4, 0.5) is 0 Å². The van der Waals surface area contributed by atoms with E-state index < -0.39 is 0 Å². The van der Waals surface area contributed by atoms with Gasteiger partial charge in [0.15, 0.2) is 0 Å². The molecule has 2 rings (SSSR count). The van der Waals surface area contributed by atoms with Gasteiger partial charge in [0.05, 0.1) is 0 Å². The highest BCUT2D eigenvalue weighted by Crippen LogP contribution is 2.23. The predicted molar refractivity (Wildman–Crippen MR) is 70.2 cm³/mol. The van der Waals surface area contributed by atoms with Gasteiger partial charge >= 0.3 is 0 Å². The summed E-state index contributed by atoms with van der Waals surface area (Å²) < 4.78 is 0. The third kappa shape index (κ3) is 3.21. The first kappa shape index (κ1) is 11.4. The lowest BCUT2D eigenvalue weighted by Gasteiger charge is -2.26. The second-order valence-electron chi connectivity index (χ2n) is 4.72.